The second-order valence-corrected chi connectivity index (χ2v) is 7.15. The molecule has 0 saturated carbocycles. The quantitative estimate of drug-likeness (QED) is 0.659. The second-order valence-electron chi connectivity index (χ2n) is 7.15. The summed E-state index contributed by atoms with van der Waals surface area (Å²) in [4.78, 5) is 42.5. The Balaban J connectivity index is 1.65. The van der Waals surface area contributed by atoms with Gasteiger partial charge in [0.05, 0.1) is 6.54 Å². The summed E-state index contributed by atoms with van der Waals surface area (Å²) in [5.41, 5.74) is 3.05. The minimum Gasteiger partial charge on any atom is -0.362 e. The van der Waals surface area contributed by atoms with Gasteiger partial charge in [-0.1, -0.05) is 24.3 Å². The minimum atomic E-state index is -1.03. The first-order valence-electron chi connectivity index (χ1n) is 8.84. The molecule has 1 aliphatic heterocycles. The monoisotopic (exact) mass is 351 g/mol. The molecule has 6 heteroatoms. The van der Waals surface area contributed by atoms with Crippen LogP contribution in [0.4, 0.5) is 4.79 Å². The Morgan fingerprint density at radius 1 is 1.23 bits per heavy atom. The Morgan fingerprint density at radius 2 is 2.00 bits per heavy atom. The topological polar surface area (TPSA) is 82.3 Å². The van der Waals surface area contributed by atoms with Gasteiger partial charge in [-0.15, -0.1) is 0 Å². The predicted molar refractivity (Wildman–Crippen MR) is 95.9 cm³/mol. The number of hydrogen-bond donors (Lipinski definition) is 2. The van der Waals surface area contributed by atoms with Gasteiger partial charge in [0.1, 0.15) is 5.54 Å². The van der Waals surface area contributed by atoms with Gasteiger partial charge in [-0.3, -0.25) is 14.5 Å². The molecule has 1 spiro atoms. The number of carbonyl (C=O) groups excluding carboxylic acids is 3. The molecule has 26 heavy (non-hydrogen) atoms. The Kier molecular flexibility index (Phi) is 3.72. The lowest BCUT2D eigenvalue weighted by molar-refractivity contribution is -0.131. The number of fused-ring (bicyclic) bond motifs is 2. The summed E-state index contributed by atoms with van der Waals surface area (Å²) in [6.45, 7) is 3.43. The van der Waals surface area contributed by atoms with Crippen LogP contribution in [0.1, 0.15) is 45.7 Å². The van der Waals surface area contributed by atoms with E-state index in [9.17, 15) is 14.4 Å². The molecule has 0 bridgehead atoms. The lowest BCUT2D eigenvalue weighted by Crippen LogP contribution is -2.46. The fourth-order valence-electron chi connectivity index (χ4n) is 4.20. The molecule has 1 saturated heterocycles. The number of aryl methyl sites for hydroxylation is 3. The fourth-order valence-corrected chi connectivity index (χ4v) is 4.20. The number of aromatic nitrogens is 1. The number of hydrogen-bond acceptors (Lipinski definition) is 3. The van der Waals surface area contributed by atoms with E-state index in [4.69, 9.17) is 0 Å². The van der Waals surface area contributed by atoms with E-state index < -0.39 is 11.6 Å². The third-order valence-corrected chi connectivity index (χ3v) is 5.40. The van der Waals surface area contributed by atoms with E-state index in [0.717, 1.165) is 40.3 Å². The fraction of sp³-hybridized carbons (Fsp3) is 0.350. The number of aromatic amines is 1. The number of carbonyl (C=O) groups is 3. The zero-order chi connectivity index (χ0) is 18.5. The first-order valence-corrected chi connectivity index (χ1v) is 8.84. The Hall–Kier alpha value is -2.89. The molecule has 1 aromatic heterocycles. The lowest BCUT2D eigenvalue weighted by atomic mass is 9.76. The number of amides is 3. The molecular formula is C20H21N3O3. The maximum absolute atomic E-state index is 13.2. The molecule has 0 unspecified atom stereocenters. The summed E-state index contributed by atoms with van der Waals surface area (Å²) in [6, 6.07) is 8.97. The van der Waals surface area contributed by atoms with Gasteiger partial charge in [-0.25, -0.2) is 4.79 Å². The molecule has 6 nitrogen and oxygen atoms in total. The zero-order valence-electron chi connectivity index (χ0n) is 14.9. The number of H-pyrrole nitrogens is 1. The van der Waals surface area contributed by atoms with Crippen LogP contribution in [-0.4, -0.2) is 34.2 Å². The predicted octanol–water partition coefficient (Wildman–Crippen LogP) is 2.60. The van der Waals surface area contributed by atoms with Crippen molar-refractivity contribution in [2.45, 2.75) is 38.6 Å². The molecule has 1 fully saturated rings. The highest BCUT2D eigenvalue weighted by Crippen LogP contribution is 2.39. The molecule has 134 valence electrons. The van der Waals surface area contributed by atoms with Gasteiger partial charge >= 0.3 is 6.03 Å². The summed E-state index contributed by atoms with van der Waals surface area (Å²) >= 11 is 0. The highest BCUT2D eigenvalue weighted by atomic mass is 16.2. The van der Waals surface area contributed by atoms with Crippen molar-refractivity contribution in [3.63, 3.8) is 0 Å². The van der Waals surface area contributed by atoms with Crippen molar-refractivity contribution in [2.75, 3.05) is 6.54 Å². The van der Waals surface area contributed by atoms with Crippen LogP contribution in [0.5, 0.6) is 0 Å². The van der Waals surface area contributed by atoms with Crippen LogP contribution in [0, 0.1) is 13.8 Å². The van der Waals surface area contributed by atoms with E-state index in [-0.39, 0.29) is 18.2 Å². The van der Waals surface area contributed by atoms with E-state index in [1.165, 1.54) is 0 Å². The number of rotatable bonds is 3. The van der Waals surface area contributed by atoms with Crippen molar-refractivity contribution in [1.82, 2.24) is 15.2 Å². The molecule has 4 rings (SSSR count). The molecule has 2 heterocycles. The number of nitrogens with zero attached hydrogens (tertiary/aromatic N) is 1. The van der Waals surface area contributed by atoms with Gasteiger partial charge in [-0.05, 0) is 50.3 Å². The third kappa shape index (κ3) is 2.36. The Bertz CT molecular complexity index is 930. The summed E-state index contributed by atoms with van der Waals surface area (Å²) in [6.07, 6.45) is 2.27. The van der Waals surface area contributed by atoms with Gasteiger partial charge in [0, 0.05) is 17.0 Å². The van der Waals surface area contributed by atoms with Crippen molar-refractivity contribution < 1.29 is 14.4 Å². The zero-order valence-corrected chi connectivity index (χ0v) is 14.9. The summed E-state index contributed by atoms with van der Waals surface area (Å²) in [5, 5.41) is 2.88. The normalized spacial score (nSPS) is 21.8. The average molecular weight is 351 g/mol. The van der Waals surface area contributed by atoms with E-state index in [1.807, 2.05) is 38.1 Å². The van der Waals surface area contributed by atoms with Gasteiger partial charge in [0.25, 0.3) is 5.91 Å². The highest BCUT2D eigenvalue weighted by Gasteiger charge is 2.54. The van der Waals surface area contributed by atoms with Crippen molar-refractivity contribution in [2.24, 2.45) is 0 Å². The molecule has 3 amide bonds. The number of Topliss-reactive ketones (excluding diaryl/α,β-unsaturated/α-hetero) is 1. The standard InChI is InChI=1S/C20H21N3O3/c1-12-10-15(13(2)21-12)17(24)11-23-18(25)20(22-19(23)26)9-5-7-14-6-3-4-8-16(14)20/h3-4,6,8,10,21H,5,7,9,11H2,1-2H3,(H,22,26)/t20-/m0/s1. The van der Waals surface area contributed by atoms with Gasteiger partial charge < -0.3 is 10.3 Å². The van der Waals surface area contributed by atoms with Crippen LogP contribution in [-0.2, 0) is 16.8 Å². The van der Waals surface area contributed by atoms with E-state index >= 15 is 0 Å². The van der Waals surface area contributed by atoms with E-state index in [1.54, 1.807) is 6.07 Å². The molecular weight excluding hydrogens is 330 g/mol. The molecule has 1 aliphatic carbocycles. The van der Waals surface area contributed by atoms with Gasteiger partial charge in [-0.2, -0.15) is 0 Å². The SMILES string of the molecule is Cc1cc(C(=O)CN2C(=O)N[C@]3(CCCc4ccccc43)C2=O)c(C)[nH]1. The molecule has 0 radical (unpaired) electrons. The third-order valence-electron chi connectivity index (χ3n) is 5.40. The summed E-state index contributed by atoms with van der Waals surface area (Å²) in [5.74, 6) is -0.565. The highest BCUT2D eigenvalue weighted by molar-refractivity contribution is 6.11. The first kappa shape index (κ1) is 16.6. The van der Waals surface area contributed by atoms with Gasteiger partial charge in [0.15, 0.2) is 5.78 Å². The number of imide groups is 1. The van der Waals surface area contributed by atoms with Crippen LogP contribution >= 0.6 is 0 Å². The second kappa shape index (κ2) is 5.83. The van der Waals surface area contributed by atoms with Crippen molar-refractivity contribution in [1.29, 1.82) is 0 Å². The summed E-state index contributed by atoms with van der Waals surface area (Å²) in [7, 11) is 0. The molecule has 2 aromatic rings. The number of urea groups is 1. The molecule has 2 aliphatic rings. The Labute approximate surface area is 151 Å². The van der Waals surface area contributed by atoms with Gasteiger partial charge in [0.2, 0.25) is 0 Å². The maximum Gasteiger partial charge on any atom is 0.325 e. The number of benzene rings is 1. The Morgan fingerprint density at radius 3 is 2.73 bits per heavy atom. The molecule has 1 aromatic carbocycles. The van der Waals surface area contributed by atoms with Crippen molar-refractivity contribution in [3.8, 4) is 0 Å². The van der Waals surface area contributed by atoms with Crippen LogP contribution in [0.3, 0.4) is 0 Å². The smallest absolute Gasteiger partial charge is 0.325 e. The van der Waals surface area contributed by atoms with Crippen molar-refractivity contribution >= 4 is 17.7 Å². The summed E-state index contributed by atoms with van der Waals surface area (Å²) < 4.78 is 0. The maximum atomic E-state index is 13.2. The molecule has 2 N–H and O–H groups in total. The van der Waals surface area contributed by atoms with E-state index in [0.29, 0.717) is 12.0 Å². The van der Waals surface area contributed by atoms with Crippen molar-refractivity contribution in [3.05, 3.63) is 58.4 Å². The molecule has 1 atom stereocenters. The number of ketones is 1. The van der Waals surface area contributed by atoms with Crippen LogP contribution in [0.2, 0.25) is 0 Å². The first-order chi connectivity index (χ1) is 12.4. The number of nitrogens with one attached hydrogen (secondary N) is 2. The van der Waals surface area contributed by atoms with Crippen LogP contribution in [0.25, 0.3) is 0 Å². The average Bonchev–Trinajstić information content (AvgIpc) is 3.07. The van der Waals surface area contributed by atoms with Crippen LogP contribution < -0.4 is 5.32 Å². The van der Waals surface area contributed by atoms with E-state index in [2.05, 4.69) is 10.3 Å². The van der Waals surface area contributed by atoms with Crippen LogP contribution in [0.15, 0.2) is 30.3 Å². The lowest BCUT2D eigenvalue weighted by Gasteiger charge is -2.33. The largest absolute Gasteiger partial charge is 0.362 e. The minimum absolute atomic E-state index is 0.239.